The molecule has 0 spiro atoms. The number of aryl methyl sites for hydroxylation is 1. The molecule has 2 rings (SSSR count). The van der Waals surface area contributed by atoms with Gasteiger partial charge in [-0.25, -0.2) is 4.39 Å². The Balaban J connectivity index is 2.28. The lowest BCUT2D eigenvalue weighted by atomic mass is 9.95. The molecule has 0 aliphatic heterocycles. The molecular formula is C16H16ClFO. The quantitative estimate of drug-likeness (QED) is 0.883. The van der Waals surface area contributed by atoms with E-state index in [0.717, 1.165) is 17.5 Å². The van der Waals surface area contributed by atoms with Crippen LogP contribution in [0.3, 0.4) is 0 Å². The Morgan fingerprint density at radius 2 is 1.89 bits per heavy atom. The zero-order valence-electron chi connectivity index (χ0n) is 10.7. The molecule has 0 saturated heterocycles. The predicted molar refractivity (Wildman–Crippen MR) is 75.9 cm³/mol. The summed E-state index contributed by atoms with van der Waals surface area (Å²) in [6.07, 6.45) is 0.270. The van der Waals surface area contributed by atoms with E-state index >= 15 is 0 Å². The number of halogens is 2. The first-order valence-electron chi connectivity index (χ1n) is 6.32. The summed E-state index contributed by atoms with van der Waals surface area (Å²) >= 11 is 5.98. The summed E-state index contributed by atoms with van der Waals surface area (Å²) in [5, 5.41) is 10.7. The van der Waals surface area contributed by atoms with Crippen molar-refractivity contribution in [1.82, 2.24) is 0 Å². The molecule has 1 N–H and O–H groups in total. The Kier molecular flexibility index (Phi) is 4.56. The molecule has 19 heavy (non-hydrogen) atoms. The summed E-state index contributed by atoms with van der Waals surface area (Å²) in [6, 6.07) is 12.2. The van der Waals surface area contributed by atoms with Crippen molar-refractivity contribution in [3.8, 4) is 0 Å². The number of hydrogen-bond acceptors (Lipinski definition) is 1. The number of aliphatic hydroxyl groups is 1. The van der Waals surface area contributed by atoms with Crippen molar-refractivity contribution >= 4 is 11.6 Å². The highest BCUT2D eigenvalue weighted by Crippen LogP contribution is 2.27. The van der Waals surface area contributed by atoms with Gasteiger partial charge in [0.1, 0.15) is 5.82 Å². The Morgan fingerprint density at radius 1 is 1.16 bits per heavy atom. The fourth-order valence-corrected chi connectivity index (χ4v) is 2.45. The second kappa shape index (κ2) is 6.18. The van der Waals surface area contributed by atoms with Gasteiger partial charge in [0, 0.05) is 17.0 Å². The van der Waals surface area contributed by atoms with Gasteiger partial charge >= 0.3 is 0 Å². The first-order chi connectivity index (χ1) is 9.13. The monoisotopic (exact) mass is 278 g/mol. The Morgan fingerprint density at radius 3 is 2.58 bits per heavy atom. The van der Waals surface area contributed by atoms with Crippen LogP contribution in [0.5, 0.6) is 0 Å². The van der Waals surface area contributed by atoms with E-state index in [9.17, 15) is 9.50 Å². The smallest absolute Gasteiger partial charge is 0.127 e. The largest absolute Gasteiger partial charge is 0.388 e. The molecule has 0 saturated carbocycles. The molecule has 1 atom stereocenters. The average molecular weight is 279 g/mol. The van der Waals surface area contributed by atoms with E-state index < -0.39 is 6.10 Å². The van der Waals surface area contributed by atoms with Gasteiger partial charge in [0.05, 0.1) is 6.10 Å². The number of rotatable bonds is 4. The topological polar surface area (TPSA) is 20.2 Å². The molecule has 0 heterocycles. The molecule has 0 aliphatic rings. The van der Waals surface area contributed by atoms with E-state index in [1.165, 1.54) is 6.07 Å². The highest BCUT2D eigenvalue weighted by Gasteiger charge is 2.16. The molecular weight excluding hydrogens is 263 g/mol. The minimum absolute atomic E-state index is 0.183. The van der Waals surface area contributed by atoms with Crippen LogP contribution in [0.25, 0.3) is 0 Å². The zero-order valence-corrected chi connectivity index (χ0v) is 11.5. The van der Waals surface area contributed by atoms with Crippen LogP contribution in [-0.4, -0.2) is 5.11 Å². The lowest BCUT2D eigenvalue weighted by Gasteiger charge is -2.16. The Labute approximate surface area is 117 Å². The van der Waals surface area contributed by atoms with E-state index in [1.807, 2.05) is 31.2 Å². The van der Waals surface area contributed by atoms with Gasteiger partial charge in [-0.15, -0.1) is 0 Å². The summed E-state index contributed by atoms with van der Waals surface area (Å²) in [4.78, 5) is 0. The van der Waals surface area contributed by atoms with Gasteiger partial charge in [0.25, 0.3) is 0 Å². The Bertz CT molecular complexity index is 548. The van der Waals surface area contributed by atoms with Crippen LogP contribution in [0, 0.1) is 5.82 Å². The van der Waals surface area contributed by atoms with Gasteiger partial charge in [-0.3, -0.25) is 0 Å². The van der Waals surface area contributed by atoms with Gasteiger partial charge in [0.15, 0.2) is 0 Å². The maximum Gasteiger partial charge on any atom is 0.127 e. The minimum atomic E-state index is -0.745. The summed E-state index contributed by atoms with van der Waals surface area (Å²) in [5.41, 5.74) is 2.27. The third-order valence-electron chi connectivity index (χ3n) is 3.25. The molecule has 2 aromatic rings. The van der Waals surface area contributed by atoms with Gasteiger partial charge in [-0.05, 0) is 29.7 Å². The molecule has 2 aromatic carbocycles. The summed E-state index contributed by atoms with van der Waals surface area (Å²) in [6.45, 7) is 2.03. The number of hydrogen-bond donors (Lipinski definition) is 1. The zero-order chi connectivity index (χ0) is 13.8. The lowest BCUT2D eigenvalue weighted by molar-refractivity contribution is 0.176. The summed E-state index contributed by atoms with van der Waals surface area (Å²) in [7, 11) is 0. The normalized spacial score (nSPS) is 12.4. The fourth-order valence-electron chi connectivity index (χ4n) is 2.21. The summed E-state index contributed by atoms with van der Waals surface area (Å²) in [5.74, 6) is -0.375. The molecule has 100 valence electrons. The molecule has 1 unspecified atom stereocenters. The number of benzene rings is 2. The Hall–Kier alpha value is -1.38. The molecule has 0 fully saturated rings. The van der Waals surface area contributed by atoms with Crippen molar-refractivity contribution in [1.29, 1.82) is 0 Å². The van der Waals surface area contributed by atoms with Crippen molar-refractivity contribution in [2.75, 3.05) is 0 Å². The van der Waals surface area contributed by atoms with Crippen LogP contribution in [0.15, 0.2) is 42.5 Å². The molecule has 0 amide bonds. The van der Waals surface area contributed by atoms with E-state index in [2.05, 4.69) is 0 Å². The van der Waals surface area contributed by atoms with Gasteiger partial charge in [-0.1, -0.05) is 48.9 Å². The SMILES string of the molecule is CCc1ccccc1C(O)Cc1c(F)cccc1Cl. The maximum absolute atomic E-state index is 13.7. The molecule has 0 aromatic heterocycles. The minimum Gasteiger partial charge on any atom is -0.388 e. The molecule has 0 bridgehead atoms. The van der Waals surface area contributed by atoms with Crippen molar-refractivity contribution in [2.45, 2.75) is 25.9 Å². The number of aliphatic hydroxyl groups excluding tert-OH is 1. The van der Waals surface area contributed by atoms with Gasteiger partial charge in [0.2, 0.25) is 0 Å². The standard InChI is InChI=1S/C16H16ClFO/c1-2-11-6-3-4-7-12(11)16(19)10-13-14(17)8-5-9-15(13)18/h3-9,16,19H,2,10H2,1H3. The van der Waals surface area contributed by atoms with Crippen LogP contribution in [0.1, 0.15) is 29.7 Å². The lowest BCUT2D eigenvalue weighted by Crippen LogP contribution is -2.06. The van der Waals surface area contributed by atoms with Crippen molar-refractivity contribution < 1.29 is 9.50 Å². The van der Waals surface area contributed by atoms with Crippen LogP contribution >= 0.6 is 11.6 Å². The van der Waals surface area contributed by atoms with E-state index in [1.54, 1.807) is 12.1 Å². The van der Waals surface area contributed by atoms with Crippen molar-refractivity contribution in [3.63, 3.8) is 0 Å². The molecule has 0 radical (unpaired) electrons. The van der Waals surface area contributed by atoms with E-state index in [0.29, 0.717) is 10.6 Å². The van der Waals surface area contributed by atoms with Crippen molar-refractivity contribution in [3.05, 3.63) is 70.0 Å². The maximum atomic E-state index is 13.7. The van der Waals surface area contributed by atoms with Crippen molar-refractivity contribution in [2.24, 2.45) is 0 Å². The fraction of sp³-hybridized carbons (Fsp3) is 0.250. The highest BCUT2D eigenvalue weighted by molar-refractivity contribution is 6.31. The second-order valence-corrected chi connectivity index (χ2v) is 4.88. The average Bonchev–Trinajstić information content (AvgIpc) is 2.42. The molecule has 3 heteroatoms. The third-order valence-corrected chi connectivity index (χ3v) is 3.61. The molecule has 1 nitrogen and oxygen atoms in total. The van der Waals surface area contributed by atoms with E-state index in [4.69, 9.17) is 11.6 Å². The third kappa shape index (κ3) is 3.14. The summed E-state index contributed by atoms with van der Waals surface area (Å²) < 4.78 is 13.7. The van der Waals surface area contributed by atoms with Gasteiger partial charge in [-0.2, -0.15) is 0 Å². The van der Waals surface area contributed by atoms with Crippen LogP contribution in [0.2, 0.25) is 5.02 Å². The van der Waals surface area contributed by atoms with Crippen LogP contribution < -0.4 is 0 Å². The first-order valence-corrected chi connectivity index (χ1v) is 6.70. The van der Waals surface area contributed by atoms with Crippen LogP contribution in [0.4, 0.5) is 4.39 Å². The van der Waals surface area contributed by atoms with E-state index in [-0.39, 0.29) is 12.2 Å². The van der Waals surface area contributed by atoms with Gasteiger partial charge < -0.3 is 5.11 Å². The van der Waals surface area contributed by atoms with Crippen LogP contribution in [-0.2, 0) is 12.8 Å². The first kappa shape index (κ1) is 14.0. The predicted octanol–water partition coefficient (Wildman–Crippen LogP) is 4.32. The highest BCUT2D eigenvalue weighted by atomic mass is 35.5. The second-order valence-electron chi connectivity index (χ2n) is 4.47. The molecule has 0 aliphatic carbocycles.